The second-order valence-electron chi connectivity index (χ2n) is 10.7. The fourth-order valence-electron chi connectivity index (χ4n) is 4.92. The van der Waals surface area contributed by atoms with Crippen LogP contribution in [0.3, 0.4) is 0 Å². The number of carbonyl (C=O) groups is 1. The number of anilines is 4. The predicted molar refractivity (Wildman–Crippen MR) is 175 cm³/mol. The van der Waals surface area contributed by atoms with Crippen molar-refractivity contribution in [1.29, 1.82) is 5.26 Å². The quantitative estimate of drug-likeness (QED) is 0.184. The van der Waals surface area contributed by atoms with Crippen LogP contribution < -0.4 is 20.3 Å². The molecular weight excluding hydrogens is 587 g/mol. The predicted octanol–water partition coefficient (Wildman–Crippen LogP) is 6.04. The number of hydrogen-bond donors (Lipinski definition) is 2. The molecule has 2 N–H and O–H groups in total. The van der Waals surface area contributed by atoms with Crippen LogP contribution in [0.5, 0.6) is 5.75 Å². The Kier molecular flexibility index (Phi) is 10.3. The van der Waals surface area contributed by atoms with E-state index in [1.54, 1.807) is 7.11 Å². The van der Waals surface area contributed by atoms with Crippen LogP contribution in [0.1, 0.15) is 30.9 Å². The first-order valence-electron chi connectivity index (χ1n) is 13.9. The van der Waals surface area contributed by atoms with Crippen molar-refractivity contribution in [2.24, 2.45) is 0 Å². The average Bonchev–Trinajstić information content (AvgIpc) is 3.76. The summed E-state index contributed by atoms with van der Waals surface area (Å²) < 4.78 is 8.03. The Balaban J connectivity index is 0.00000423. The molecule has 0 unspecified atom stereocenters. The molecule has 2 heterocycles. The van der Waals surface area contributed by atoms with Gasteiger partial charge >= 0.3 is 0 Å². The first kappa shape index (κ1) is 31.9. The first-order chi connectivity index (χ1) is 20.3. The number of alkyl halides is 1. The summed E-state index contributed by atoms with van der Waals surface area (Å²) >= 11 is 5.83. The highest BCUT2D eigenvalue weighted by Crippen LogP contribution is 2.42. The molecule has 1 fully saturated rings. The van der Waals surface area contributed by atoms with Gasteiger partial charge < -0.3 is 29.7 Å². The fraction of sp³-hybridized carbons (Fsp3) is 0.355. The Morgan fingerprint density at radius 1 is 1.19 bits per heavy atom. The van der Waals surface area contributed by atoms with Gasteiger partial charge in [-0.15, -0.1) is 24.0 Å². The van der Waals surface area contributed by atoms with E-state index in [2.05, 4.69) is 54.4 Å². The molecule has 5 rings (SSSR count). The summed E-state index contributed by atoms with van der Waals surface area (Å²) in [6.45, 7) is 1.56. The molecule has 1 saturated carbocycles. The molecular formula is C31H36Cl2N8O2. The zero-order valence-electron chi connectivity index (χ0n) is 24.7. The number of amides is 1. The summed E-state index contributed by atoms with van der Waals surface area (Å²) in [5.74, 6) is 0.888. The molecule has 1 aliphatic rings. The fourth-order valence-corrected chi connectivity index (χ4v) is 5.09. The van der Waals surface area contributed by atoms with Gasteiger partial charge in [-0.3, -0.25) is 4.79 Å². The lowest BCUT2D eigenvalue weighted by Gasteiger charge is -2.26. The van der Waals surface area contributed by atoms with E-state index in [4.69, 9.17) is 21.3 Å². The highest BCUT2D eigenvalue weighted by atomic mass is 35.5. The van der Waals surface area contributed by atoms with Crippen molar-refractivity contribution in [2.75, 3.05) is 62.8 Å². The molecule has 0 bridgehead atoms. The zero-order chi connectivity index (χ0) is 29.8. The number of likely N-dealkylation sites (N-methyl/N-ethyl adjacent to an activating group) is 2. The second kappa shape index (κ2) is 14.0. The maximum Gasteiger partial charge on any atom is 0.227 e. The normalized spacial score (nSPS) is 12.5. The van der Waals surface area contributed by atoms with Gasteiger partial charge in [0, 0.05) is 67.2 Å². The highest BCUT2D eigenvalue weighted by Gasteiger charge is 2.27. The molecule has 0 saturated heterocycles. The number of para-hydroxylation sites is 1. The lowest BCUT2D eigenvalue weighted by atomic mass is 10.1. The number of ether oxygens (including phenoxy) is 1. The highest BCUT2D eigenvalue weighted by molar-refractivity contribution is 6.19. The molecule has 0 aliphatic heterocycles. The van der Waals surface area contributed by atoms with E-state index < -0.39 is 0 Å². The van der Waals surface area contributed by atoms with Crippen LogP contribution in [0, 0.1) is 11.3 Å². The van der Waals surface area contributed by atoms with Gasteiger partial charge in [0.25, 0.3) is 0 Å². The summed E-state index contributed by atoms with van der Waals surface area (Å²) in [6, 6.07) is 14.6. The van der Waals surface area contributed by atoms with E-state index in [0.29, 0.717) is 40.4 Å². The van der Waals surface area contributed by atoms with E-state index in [1.165, 1.54) is 6.20 Å². The molecule has 43 heavy (non-hydrogen) atoms. The molecule has 2 aromatic heterocycles. The van der Waals surface area contributed by atoms with Gasteiger partial charge in [0.1, 0.15) is 11.8 Å². The Labute approximate surface area is 263 Å². The van der Waals surface area contributed by atoms with Crippen molar-refractivity contribution >= 4 is 63.8 Å². The third-order valence-electron chi connectivity index (χ3n) is 7.30. The standard InChI is InChI=1S/C31H35ClN8O2.ClH/c1-38(2)13-14-39(3)27-16-28(42-4)25(15-24(27)35-29(41)11-12-32)36-31-34-18-20(17-33)30(37-31)23-19-40(21-9-10-21)26-8-6-5-7-22(23)26;/h5-8,15-16,18-19,21H,9-14H2,1-4H3,(H,35,41)(H,34,36,37);1H. The molecule has 1 amide bonds. The monoisotopic (exact) mass is 622 g/mol. The number of nitriles is 1. The second-order valence-corrected chi connectivity index (χ2v) is 11.1. The van der Waals surface area contributed by atoms with Gasteiger partial charge in [-0.25, -0.2) is 9.97 Å². The number of fused-ring (bicyclic) bond motifs is 1. The summed E-state index contributed by atoms with van der Waals surface area (Å²) in [6.07, 6.45) is 6.10. The summed E-state index contributed by atoms with van der Waals surface area (Å²) in [4.78, 5) is 26.0. The minimum absolute atomic E-state index is 0. The zero-order valence-corrected chi connectivity index (χ0v) is 26.3. The lowest BCUT2D eigenvalue weighted by molar-refractivity contribution is -0.115. The number of carbonyl (C=O) groups excluding carboxylic acids is 1. The summed E-state index contributed by atoms with van der Waals surface area (Å²) in [7, 11) is 7.59. The van der Waals surface area contributed by atoms with E-state index in [0.717, 1.165) is 48.1 Å². The molecule has 0 radical (unpaired) electrons. The molecule has 0 spiro atoms. The van der Waals surface area contributed by atoms with E-state index in [9.17, 15) is 10.1 Å². The number of aromatic nitrogens is 3. The average molecular weight is 624 g/mol. The van der Waals surface area contributed by atoms with Gasteiger partial charge in [0.15, 0.2) is 0 Å². The Morgan fingerprint density at radius 3 is 2.63 bits per heavy atom. The van der Waals surface area contributed by atoms with Crippen LogP contribution in [0.4, 0.5) is 23.0 Å². The van der Waals surface area contributed by atoms with Crippen molar-refractivity contribution < 1.29 is 9.53 Å². The SMILES string of the molecule is COc1cc(N(C)CCN(C)C)c(NC(=O)CCCl)cc1Nc1ncc(C#N)c(-c2cn(C3CC3)c3ccccc23)n1.Cl. The number of rotatable bonds is 12. The third kappa shape index (κ3) is 7.13. The molecule has 0 atom stereocenters. The number of nitrogens with one attached hydrogen (secondary N) is 2. The van der Waals surface area contributed by atoms with Crippen LogP contribution in [-0.2, 0) is 4.79 Å². The smallest absolute Gasteiger partial charge is 0.227 e. The van der Waals surface area contributed by atoms with Gasteiger partial charge in [-0.1, -0.05) is 18.2 Å². The van der Waals surface area contributed by atoms with Crippen molar-refractivity contribution in [3.05, 3.63) is 54.4 Å². The van der Waals surface area contributed by atoms with Crippen LogP contribution in [0.25, 0.3) is 22.2 Å². The lowest BCUT2D eigenvalue weighted by Crippen LogP contribution is -2.29. The van der Waals surface area contributed by atoms with Gasteiger partial charge in [0.05, 0.1) is 41.6 Å². The minimum Gasteiger partial charge on any atom is -0.494 e. The number of benzene rings is 2. The Morgan fingerprint density at radius 2 is 1.95 bits per heavy atom. The molecule has 1 aliphatic carbocycles. The topological polar surface area (TPSA) is 111 Å². The van der Waals surface area contributed by atoms with Crippen LogP contribution in [0.2, 0.25) is 0 Å². The van der Waals surface area contributed by atoms with Crippen LogP contribution in [0.15, 0.2) is 48.8 Å². The number of methoxy groups -OCH3 is 1. The van der Waals surface area contributed by atoms with Gasteiger partial charge in [-0.2, -0.15) is 5.26 Å². The van der Waals surface area contributed by atoms with Gasteiger partial charge in [0.2, 0.25) is 11.9 Å². The van der Waals surface area contributed by atoms with Crippen molar-refractivity contribution in [2.45, 2.75) is 25.3 Å². The van der Waals surface area contributed by atoms with Crippen LogP contribution in [-0.4, -0.2) is 72.6 Å². The van der Waals surface area contributed by atoms with E-state index in [1.807, 2.05) is 45.4 Å². The number of nitrogens with zero attached hydrogens (tertiary/aromatic N) is 6. The third-order valence-corrected chi connectivity index (χ3v) is 7.49. The maximum atomic E-state index is 12.6. The van der Waals surface area contributed by atoms with E-state index >= 15 is 0 Å². The molecule has 10 nitrogen and oxygen atoms in total. The van der Waals surface area contributed by atoms with Crippen molar-refractivity contribution in [3.63, 3.8) is 0 Å². The van der Waals surface area contributed by atoms with Gasteiger partial charge in [-0.05, 0) is 39.1 Å². The van der Waals surface area contributed by atoms with Crippen LogP contribution >= 0.6 is 24.0 Å². The first-order valence-corrected chi connectivity index (χ1v) is 14.4. The molecule has 12 heteroatoms. The molecule has 226 valence electrons. The molecule has 4 aromatic rings. The van der Waals surface area contributed by atoms with Crippen molar-refractivity contribution in [3.8, 4) is 23.1 Å². The Hall–Kier alpha value is -4.04. The number of hydrogen-bond acceptors (Lipinski definition) is 8. The summed E-state index contributed by atoms with van der Waals surface area (Å²) in [5.41, 5.74) is 4.93. The summed E-state index contributed by atoms with van der Waals surface area (Å²) in [5, 5.41) is 17.2. The maximum absolute atomic E-state index is 12.6. The van der Waals surface area contributed by atoms with E-state index in [-0.39, 0.29) is 30.6 Å². The molecule has 2 aromatic carbocycles. The number of halogens is 2. The minimum atomic E-state index is -0.188. The Bertz CT molecular complexity index is 1650. The largest absolute Gasteiger partial charge is 0.494 e. The van der Waals surface area contributed by atoms with Crippen molar-refractivity contribution in [1.82, 2.24) is 19.4 Å².